The summed E-state index contributed by atoms with van der Waals surface area (Å²) in [6.45, 7) is 2.25. The van der Waals surface area contributed by atoms with E-state index < -0.39 is 0 Å². The summed E-state index contributed by atoms with van der Waals surface area (Å²) in [5.41, 5.74) is 14.6. The van der Waals surface area contributed by atoms with Gasteiger partial charge in [0, 0.05) is 27.1 Å². The molecule has 0 saturated carbocycles. The quantitative estimate of drug-likeness (QED) is 0.172. The largest absolute Gasteiger partial charge is 0.454 e. The van der Waals surface area contributed by atoms with Crippen LogP contribution in [0.2, 0.25) is 0 Å². The van der Waals surface area contributed by atoms with E-state index in [0.29, 0.717) is 0 Å². The molecule has 278 valence electrons. The van der Waals surface area contributed by atoms with Crippen molar-refractivity contribution >= 4 is 76.6 Å². The summed E-state index contributed by atoms with van der Waals surface area (Å²) in [5.74, 6) is 0. The number of hydrogen-bond acceptors (Lipinski definition) is 2. The van der Waals surface area contributed by atoms with Crippen molar-refractivity contribution in [3.8, 4) is 16.8 Å². The fourth-order valence-corrected chi connectivity index (χ4v) is 9.54. The summed E-state index contributed by atoms with van der Waals surface area (Å²) in [4.78, 5) is 5.58. The molecule has 1 aliphatic rings. The van der Waals surface area contributed by atoms with Crippen LogP contribution < -0.4 is 0 Å². The molecule has 59 heavy (non-hydrogen) atoms. The van der Waals surface area contributed by atoms with Gasteiger partial charge in [0.2, 0.25) is 0 Å². The Bertz CT molecular complexity index is 3540. The molecule has 0 radical (unpaired) electrons. The van der Waals surface area contributed by atoms with Gasteiger partial charge in [0.1, 0.15) is 5.58 Å². The Hall–Kier alpha value is -7.49. The minimum atomic E-state index is -0.0903. The molecule has 11 aromatic rings. The first kappa shape index (κ1) is 33.6. The minimum absolute atomic E-state index is 0.0903. The van der Waals surface area contributed by atoms with E-state index in [1.54, 1.807) is 0 Å². The number of dihydropyridines is 1. The van der Waals surface area contributed by atoms with Crippen molar-refractivity contribution in [3.63, 3.8) is 0 Å². The van der Waals surface area contributed by atoms with Crippen LogP contribution in [0, 0.1) is 0 Å². The van der Waals surface area contributed by atoms with Crippen LogP contribution in [0.4, 0.5) is 0 Å². The molecule has 3 heteroatoms. The second-order valence-electron chi connectivity index (χ2n) is 15.9. The Labute approximate surface area is 341 Å². The van der Waals surface area contributed by atoms with E-state index in [9.17, 15) is 0 Å². The molecule has 3 nitrogen and oxygen atoms in total. The number of aromatic nitrogens is 1. The van der Waals surface area contributed by atoms with Gasteiger partial charge in [0.05, 0.1) is 28.5 Å². The van der Waals surface area contributed by atoms with Crippen molar-refractivity contribution in [2.45, 2.75) is 19.4 Å². The molecule has 1 unspecified atom stereocenters. The maximum Gasteiger partial charge on any atom is 0.159 e. The highest BCUT2D eigenvalue weighted by molar-refractivity contribution is 6.19. The van der Waals surface area contributed by atoms with Crippen LogP contribution in [0.1, 0.15) is 36.1 Å². The molecular weight excluding hydrogens is 717 g/mol. The Kier molecular flexibility index (Phi) is 7.58. The molecule has 0 amide bonds. The molecule has 1 aliphatic heterocycles. The van der Waals surface area contributed by atoms with Crippen molar-refractivity contribution in [1.29, 1.82) is 0 Å². The van der Waals surface area contributed by atoms with Gasteiger partial charge in [-0.05, 0) is 105 Å². The number of hydrogen-bond donors (Lipinski definition) is 0. The average Bonchev–Trinajstić information content (AvgIpc) is 3.84. The van der Waals surface area contributed by atoms with Crippen molar-refractivity contribution in [2.75, 3.05) is 0 Å². The van der Waals surface area contributed by atoms with Gasteiger partial charge in [-0.25, -0.2) is 0 Å². The third kappa shape index (κ3) is 5.46. The lowest BCUT2D eigenvalue weighted by molar-refractivity contribution is 0.663. The first-order valence-electron chi connectivity index (χ1n) is 20.5. The highest BCUT2D eigenvalue weighted by atomic mass is 16.3. The summed E-state index contributed by atoms with van der Waals surface area (Å²) in [6.07, 6.45) is 0.795. The summed E-state index contributed by atoms with van der Waals surface area (Å²) in [7, 11) is 0. The van der Waals surface area contributed by atoms with Crippen molar-refractivity contribution in [1.82, 2.24) is 4.57 Å². The summed E-state index contributed by atoms with van der Waals surface area (Å²) >= 11 is 0. The number of fused-ring (bicyclic) bond motifs is 8. The Morgan fingerprint density at radius 3 is 1.93 bits per heavy atom. The number of allylic oxidation sites excluding steroid dienone is 1. The molecule has 1 atom stereocenters. The van der Waals surface area contributed by atoms with Crippen molar-refractivity contribution in [2.24, 2.45) is 4.99 Å². The van der Waals surface area contributed by atoms with Crippen LogP contribution in [0.5, 0.6) is 0 Å². The molecule has 0 spiro atoms. The van der Waals surface area contributed by atoms with E-state index in [-0.39, 0.29) is 6.04 Å². The van der Waals surface area contributed by atoms with Crippen LogP contribution in [-0.4, -0.2) is 10.3 Å². The second-order valence-corrected chi connectivity index (χ2v) is 15.9. The number of nitrogens with zero attached hydrogens (tertiary/aromatic N) is 2. The highest BCUT2D eigenvalue weighted by Gasteiger charge is 2.26. The standard InChI is InChI=1S/C56H38N2O/c1-35-49(42-24-22-37-14-5-7-16-39(37)30-42)34-50(57-55(35)44-25-23-38-15-6-8-17-40(38)31-44)43-27-29-47-48-19-11-21-52(56(48)59-54(47)33-43)58-51-20-10-9-18-45(51)46-28-26-41(32-53(46)58)36-12-3-2-4-13-36/h2-33,50H,34H2,1H3. The zero-order valence-electron chi connectivity index (χ0n) is 32.6. The van der Waals surface area contributed by atoms with Gasteiger partial charge in [-0.1, -0.05) is 158 Å². The van der Waals surface area contributed by atoms with E-state index in [1.165, 1.54) is 60.2 Å². The lowest BCUT2D eigenvalue weighted by Crippen LogP contribution is -2.15. The number of benzene rings is 9. The van der Waals surface area contributed by atoms with Crippen molar-refractivity contribution in [3.05, 3.63) is 216 Å². The second kappa shape index (κ2) is 13.3. The zero-order chi connectivity index (χ0) is 39.0. The van der Waals surface area contributed by atoms with Crippen molar-refractivity contribution < 1.29 is 4.42 Å². The summed E-state index contributed by atoms with van der Waals surface area (Å²) in [6, 6.07) is 70.1. The van der Waals surface area contributed by atoms with Crippen LogP contribution >= 0.6 is 0 Å². The van der Waals surface area contributed by atoms with E-state index in [4.69, 9.17) is 9.41 Å². The minimum Gasteiger partial charge on any atom is -0.454 e. The van der Waals surface area contributed by atoms with E-state index >= 15 is 0 Å². The van der Waals surface area contributed by atoms with Gasteiger partial charge in [0.15, 0.2) is 5.58 Å². The SMILES string of the molecule is CC1=C(c2ccc3ccccc3c2)CC(c2ccc3c(c2)oc2c(-n4c5ccccc5c5ccc(-c6ccccc6)cc54)cccc23)N=C1c1ccc2ccccc2c1. The fourth-order valence-electron chi connectivity index (χ4n) is 9.54. The van der Waals surface area contributed by atoms with Gasteiger partial charge < -0.3 is 8.98 Å². The van der Waals surface area contributed by atoms with Crippen LogP contribution in [-0.2, 0) is 0 Å². The highest BCUT2D eigenvalue weighted by Crippen LogP contribution is 2.43. The van der Waals surface area contributed by atoms with Gasteiger partial charge >= 0.3 is 0 Å². The first-order valence-corrected chi connectivity index (χ1v) is 20.5. The van der Waals surface area contributed by atoms with E-state index in [1.807, 2.05) is 0 Å². The lowest BCUT2D eigenvalue weighted by atomic mass is 9.84. The lowest BCUT2D eigenvalue weighted by Gasteiger charge is -2.26. The number of furan rings is 1. The normalized spacial score (nSPS) is 14.7. The monoisotopic (exact) mass is 754 g/mol. The first-order chi connectivity index (χ1) is 29.1. The predicted octanol–water partition coefficient (Wildman–Crippen LogP) is 15.1. The van der Waals surface area contributed by atoms with Gasteiger partial charge in [0.25, 0.3) is 0 Å². The molecule has 0 N–H and O–H groups in total. The predicted molar refractivity (Wildman–Crippen MR) is 248 cm³/mol. The smallest absolute Gasteiger partial charge is 0.159 e. The maximum absolute atomic E-state index is 7.01. The van der Waals surface area contributed by atoms with Crippen LogP contribution in [0.15, 0.2) is 209 Å². The Balaban J connectivity index is 1.02. The molecule has 0 aliphatic carbocycles. The average molecular weight is 755 g/mol. The van der Waals surface area contributed by atoms with Crippen LogP contribution in [0.3, 0.4) is 0 Å². The van der Waals surface area contributed by atoms with E-state index in [2.05, 4.69) is 206 Å². The molecule has 0 fully saturated rings. The molecule has 12 rings (SSSR count). The maximum atomic E-state index is 7.01. The molecule has 9 aromatic carbocycles. The third-order valence-corrected chi connectivity index (χ3v) is 12.5. The molecule has 0 saturated heterocycles. The molecule has 0 bridgehead atoms. The zero-order valence-corrected chi connectivity index (χ0v) is 32.6. The van der Waals surface area contributed by atoms with Gasteiger partial charge in [-0.15, -0.1) is 0 Å². The summed E-state index contributed by atoms with van der Waals surface area (Å²) < 4.78 is 9.39. The van der Waals surface area contributed by atoms with Gasteiger partial charge in [-0.3, -0.25) is 4.99 Å². The number of para-hydroxylation sites is 2. The Morgan fingerprint density at radius 1 is 0.475 bits per heavy atom. The fraction of sp³-hybridized carbons (Fsp3) is 0.0536. The number of rotatable bonds is 5. The van der Waals surface area contributed by atoms with Gasteiger partial charge in [-0.2, -0.15) is 0 Å². The topological polar surface area (TPSA) is 30.4 Å². The summed E-state index contributed by atoms with van der Waals surface area (Å²) in [5, 5.41) is 9.59. The molecular formula is C56H38N2O. The third-order valence-electron chi connectivity index (χ3n) is 12.5. The Morgan fingerprint density at radius 2 is 1.12 bits per heavy atom. The molecule has 3 heterocycles. The van der Waals surface area contributed by atoms with Crippen LogP contribution in [0.25, 0.3) is 87.7 Å². The number of aliphatic imine (C=N–C) groups is 1. The van der Waals surface area contributed by atoms with E-state index in [0.717, 1.165) is 61.9 Å². The molecule has 2 aromatic heterocycles.